The van der Waals surface area contributed by atoms with Crippen molar-refractivity contribution < 1.29 is 17.9 Å². The standard InChI is InChI=1S/C14H23N5O4S/c1-15-12(20)11-10-18-9-6-16-13(18)14(23-11)4-7-19(8-5-14)24(21,22)17(2)3/h6,9,11H,4-5,7-8,10H2,1-3H3,(H,15,20). The van der Waals surface area contributed by atoms with E-state index in [0.717, 1.165) is 5.82 Å². The summed E-state index contributed by atoms with van der Waals surface area (Å²) in [5, 5.41) is 2.62. The molecule has 1 spiro atoms. The lowest BCUT2D eigenvalue weighted by molar-refractivity contribution is -0.170. The number of piperidine rings is 1. The van der Waals surface area contributed by atoms with Crippen molar-refractivity contribution in [1.82, 2.24) is 23.5 Å². The maximum absolute atomic E-state index is 12.3. The minimum atomic E-state index is -3.45. The van der Waals surface area contributed by atoms with Gasteiger partial charge >= 0.3 is 0 Å². The molecule has 9 nitrogen and oxygen atoms in total. The fourth-order valence-corrected chi connectivity index (χ4v) is 4.45. The number of ether oxygens (including phenoxy) is 1. The van der Waals surface area contributed by atoms with Gasteiger partial charge in [0.2, 0.25) is 0 Å². The van der Waals surface area contributed by atoms with E-state index in [1.165, 1.54) is 22.7 Å². The summed E-state index contributed by atoms with van der Waals surface area (Å²) in [6, 6.07) is 0. The molecule has 2 aliphatic rings. The van der Waals surface area contributed by atoms with Gasteiger partial charge in [0.25, 0.3) is 16.1 Å². The first-order valence-corrected chi connectivity index (χ1v) is 9.28. The molecule has 1 saturated heterocycles. The summed E-state index contributed by atoms with van der Waals surface area (Å²) in [6.07, 6.45) is 3.84. The Morgan fingerprint density at radius 2 is 2.08 bits per heavy atom. The molecule has 1 unspecified atom stereocenters. The van der Waals surface area contributed by atoms with E-state index in [2.05, 4.69) is 10.3 Å². The molecule has 0 saturated carbocycles. The Balaban J connectivity index is 1.85. The van der Waals surface area contributed by atoms with Gasteiger partial charge in [-0.15, -0.1) is 0 Å². The smallest absolute Gasteiger partial charge is 0.281 e. The van der Waals surface area contributed by atoms with Gasteiger partial charge in [0.1, 0.15) is 11.4 Å². The Labute approximate surface area is 141 Å². The van der Waals surface area contributed by atoms with Crippen LogP contribution < -0.4 is 5.32 Å². The number of nitrogens with one attached hydrogen (secondary N) is 1. The monoisotopic (exact) mass is 357 g/mol. The van der Waals surface area contributed by atoms with Crippen LogP contribution in [0.3, 0.4) is 0 Å². The predicted octanol–water partition coefficient (Wildman–Crippen LogP) is -0.875. The first kappa shape index (κ1) is 17.3. The molecular weight excluding hydrogens is 334 g/mol. The van der Waals surface area contributed by atoms with Gasteiger partial charge < -0.3 is 14.6 Å². The Morgan fingerprint density at radius 1 is 1.42 bits per heavy atom. The first-order chi connectivity index (χ1) is 11.3. The third-order valence-corrected chi connectivity index (χ3v) is 6.65. The molecule has 1 fully saturated rings. The van der Waals surface area contributed by atoms with Crippen molar-refractivity contribution in [3.63, 3.8) is 0 Å². The Morgan fingerprint density at radius 3 is 2.67 bits per heavy atom. The molecule has 1 aromatic heterocycles. The molecule has 0 radical (unpaired) electrons. The van der Waals surface area contributed by atoms with Crippen LogP contribution in [0.4, 0.5) is 0 Å². The number of carbonyl (C=O) groups is 1. The largest absolute Gasteiger partial charge is 0.357 e. The van der Waals surface area contributed by atoms with Crippen molar-refractivity contribution in [2.45, 2.75) is 31.1 Å². The van der Waals surface area contributed by atoms with Crippen LogP contribution in [-0.2, 0) is 31.9 Å². The van der Waals surface area contributed by atoms with Crippen molar-refractivity contribution >= 4 is 16.1 Å². The average Bonchev–Trinajstić information content (AvgIpc) is 3.04. The molecular formula is C14H23N5O4S. The molecule has 134 valence electrons. The van der Waals surface area contributed by atoms with Crippen LogP contribution in [0.15, 0.2) is 12.4 Å². The van der Waals surface area contributed by atoms with Crippen molar-refractivity contribution in [2.75, 3.05) is 34.2 Å². The van der Waals surface area contributed by atoms with E-state index < -0.39 is 21.9 Å². The van der Waals surface area contributed by atoms with Crippen molar-refractivity contribution in [3.05, 3.63) is 18.2 Å². The highest BCUT2D eigenvalue weighted by Crippen LogP contribution is 2.40. The van der Waals surface area contributed by atoms with Crippen LogP contribution in [0, 0.1) is 0 Å². The number of hydrogen-bond donors (Lipinski definition) is 1. The molecule has 1 aromatic rings. The molecule has 24 heavy (non-hydrogen) atoms. The summed E-state index contributed by atoms with van der Waals surface area (Å²) in [4.78, 5) is 16.5. The zero-order chi connectivity index (χ0) is 17.5. The van der Waals surface area contributed by atoms with E-state index in [0.29, 0.717) is 32.5 Å². The molecule has 10 heteroatoms. The van der Waals surface area contributed by atoms with E-state index in [9.17, 15) is 13.2 Å². The van der Waals surface area contributed by atoms with E-state index in [1.807, 2.05) is 10.8 Å². The summed E-state index contributed by atoms with van der Waals surface area (Å²) in [5.41, 5.74) is -0.725. The molecule has 3 rings (SSSR count). The lowest BCUT2D eigenvalue weighted by atomic mass is 9.89. The number of imidazole rings is 1. The number of aromatic nitrogens is 2. The fourth-order valence-electron chi connectivity index (χ4n) is 3.34. The number of fused-ring (bicyclic) bond motifs is 2. The normalized spacial score (nSPS) is 24.1. The number of amides is 1. The Bertz CT molecular complexity index is 721. The highest BCUT2D eigenvalue weighted by Gasteiger charge is 2.48. The summed E-state index contributed by atoms with van der Waals surface area (Å²) >= 11 is 0. The maximum atomic E-state index is 12.3. The highest BCUT2D eigenvalue weighted by atomic mass is 32.2. The average molecular weight is 357 g/mol. The number of likely N-dealkylation sites (N-methyl/N-ethyl adjacent to an activating group) is 1. The number of rotatable bonds is 3. The summed E-state index contributed by atoms with van der Waals surface area (Å²) < 4.78 is 35.3. The molecule has 1 amide bonds. The Hall–Kier alpha value is -1.49. The lowest BCUT2D eigenvalue weighted by Gasteiger charge is -2.45. The van der Waals surface area contributed by atoms with E-state index >= 15 is 0 Å². The number of hydrogen-bond acceptors (Lipinski definition) is 5. The van der Waals surface area contributed by atoms with E-state index in [1.54, 1.807) is 13.2 Å². The van der Waals surface area contributed by atoms with Gasteiger partial charge in [0.05, 0.1) is 6.54 Å². The van der Waals surface area contributed by atoms with Crippen LogP contribution >= 0.6 is 0 Å². The molecule has 0 aromatic carbocycles. The van der Waals surface area contributed by atoms with Gasteiger partial charge in [-0.05, 0) is 12.8 Å². The van der Waals surface area contributed by atoms with Gasteiger partial charge in [-0.1, -0.05) is 0 Å². The second-order valence-electron chi connectivity index (χ2n) is 6.31. The second-order valence-corrected chi connectivity index (χ2v) is 8.45. The topological polar surface area (TPSA) is 96.8 Å². The Kier molecular flexibility index (Phi) is 4.41. The van der Waals surface area contributed by atoms with Crippen molar-refractivity contribution in [2.24, 2.45) is 0 Å². The molecule has 1 N–H and O–H groups in total. The fraction of sp³-hybridized carbons (Fsp3) is 0.714. The zero-order valence-electron chi connectivity index (χ0n) is 14.1. The molecule has 3 heterocycles. The van der Waals surface area contributed by atoms with Gasteiger partial charge in [-0.2, -0.15) is 17.0 Å². The molecule has 0 bridgehead atoms. The summed E-state index contributed by atoms with van der Waals surface area (Å²) in [6.45, 7) is 1.07. The number of nitrogens with zero attached hydrogens (tertiary/aromatic N) is 4. The molecule has 0 aliphatic carbocycles. The quantitative estimate of drug-likeness (QED) is 0.758. The van der Waals surface area contributed by atoms with Crippen LogP contribution in [0.5, 0.6) is 0 Å². The van der Waals surface area contributed by atoms with Gasteiger partial charge in [0.15, 0.2) is 6.10 Å². The SMILES string of the molecule is CNC(=O)C1Cn2ccnc2C2(CCN(S(=O)(=O)N(C)C)CC2)O1. The summed E-state index contributed by atoms with van der Waals surface area (Å²) in [7, 11) is 1.17. The van der Waals surface area contributed by atoms with E-state index in [4.69, 9.17) is 4.74 Å². The van der Waals surface area contributed by atoms with Crippen molar-refractivity contribution in [3.8, 4) is 0 Å². The lowest BCUT2D eigenvalue weighted by Crippen LogP contribution is -2.55. The molecule has 2 aliphatic heterocycles. The highest BCUT2D eigenvalue weighted by molar-refractivity contribution is 7.86. The second kappa shape index (κ2) is 6.10. The van der Waals surface area contributed by atoms with Crippen LogP contribution in [0.2, 0.25) is 0 Å². The summed E-state index contributed by atoms with van der Waals surface area (Å²) in [5.74, 6) is 0.585. The maximum Gasteiger partial charge on any atom is 0.281 e. The number of carbonyl (C=O) groups excluding carboxylic acids is 1. The van der Waals surface area contributed by atoms with Crippen LogP contribution in [-0.4, -0.2) is 72.8 Å². The third kappa shape index (κ3) is 2.73. The molecule has 1 atom stereocenters. The van der Waals surface area contributed by atoms with E-state index in [-0.39, 0.29) is 5.91 Å². The van der Waals surface area contributed by atoms with Crippen LogP contribution in [0.25, 0.3) is 0 Å². The van der Waals surface area contributed by atoms with Crippen LogP contribution in [0.1, 0.15) is 18.7 Å². The minimum absolute atomic E-state index is 0.183. The van der Waals surface area contributed by atoms with Gasteiger partial charge in [-0.3, -0.25) is 4.79 Å². The third-order valence-electron chi connectivity index (χ3n) is 4.71. The predicted molar refractivity (Wildman–Crippen MR) is 86.3 cm³/mol. The van der Waals surface area contributed by atoms with Crippen molar-refractivity contribution in [1.29, 1.82) is 0 Å². The zero-order valence-corrected chi connectivity index (χ0v) is 14.9. The van der Waals surface area contributed by atoms with Gasteiger partial charge in [0, 0.05) is 46.6 Å². The van der Waals surface area contributed by atoms with Gasteiger partial charge in [-0.25, -0.2) is 4.98 Å². The first-order valence-electron chi connectivity index (χ1n) is 7.89. The minimum Gasteiger partial charge on any atom is -0.357 e.